The molecule has 19 heavy (non-hydrogen) atoms. The number of halogens is 2. The summed E-state index contributed by atoms with van der Waals surface area (Å²) < 4.78 is 5.24. The molecule has 0 amide bonds. The molecule has 0 aliphatic heterocycles. The van der Waals surface area contributed by atoms with E-state index in [0.717, 1.165) is 0 Å². The molecule has 0 aliphatic rings. The predicted octanol–water partition coefficient (Wildman–Crippen LogP) is 0.564. The lowest BCUT2D eigenvalue weighted by Crippen LogP contribution is -2.37. The summed E-state index contributed by atoms with van der Waals surface area (Å²) in [7, 11) is 0. The summed E-state index contributed by atoms with van der Waals surface area (Å²) in [6.07, 6.45) is -1.05. The molecule has 0 saturated carbocycles. The van der Waals surface area contributed by atoms with E-state index in [0.29, 0.717) is 25.2 Å². The average Bonchev–Trinajstić information content (AvgIpc) is 2.23. The first-order valence-electron chi connectivity index (χ1n) is 6.32. The second-order valence-corrected chi connectivity index (χ2v) is 4.97. The molecule has 0 fully saturated rings. The summed E-state index contributed by atoms with van der Waals surface area (Å²) >= 11 is 0. The van der Waals surface area contributed by atoms with Gasteiger partial charge in [-0.2, -0.15) is 0 Å². The lowest BCUT2D eigenvalue weighted by Gasteiger charge is -2.17. The van der Waals surface area contributed by atoms with Crippen molar-refractivity contribution in [3.05, 3.63) is 0 Å². The van der Waals surface area contributed by atoms with Gasteiger partial charge in [0, 0.05) is 25.2 Å². The number of hydrogen-bond acceptors (Lipinski definition) is 5. The number of aliphatic hydroxyl groups is 2. The number of aliphatic hydroxyl groups excluding tert-OH is 2. The van der Waals surface area contributed by atoms with Gasteiger partial charge in [0.2, 0.25) is 0 Å². The first-order valence-corrected chi connectivity index (χ1v) is 6.32. The standard InChI is InChI=1S/C12H28N2O3.2ClH/c1-9(2)13-5-11(15)7-17-8-12(16)6-14-10(3)4;;/h9-16H,5-8H2,1-4H3;2*1H. The zero-order valence-electron chi connectivity index (χ0n) is 12.3. The second-order valence-electron chi connectivity index (χ2n) is 4.97. The van der Waals surface area contributed by atoms with Crippen molar-refractivity contribution in [2.45, 2.75) is 52.0 Å². The Morgan fingerprint density at radius 3 is 1.37 bits per heavy atom. The lowest BCUT2D eigenvalue weighted by atomic mass is 10.3. The molecular formula is C12H30Cl2N2O3. The van der Waals surface area contributed by atoms with Gasteiger partial charge in [-0.3, -0.25) is 0 Å². The maximum atomic E-state index is 9.54. The molecule has 0 radical (unpaired) electrons. The minimum absolute atomic E-state index is 0. The van der Waals surface area contributed by atoms with Crippen LogP contribution < -0.4 is 10.6 Å². The van der Waals surface area contributed by atoms with Crippen LogP contribution in [0.5, 0.6) is 0 Å². The molecule has 2 atom stereocenters. The fourth-order valence-electron chi connectivity index (χ4n) is 1.20. The second kappa shape index (κ2) is 14.8. The van der Waals surface area contributed by atoms with Crippen LogP contribution >= 0.6 is 24.8 Å². The predicted molar refractivity (Wildman–Crippen MR) is 83.6 cm³/mol. The van der Waals surface area contributed by atoms with E-state index in [-0.39, 0.29) is 38.0 Å². The van der Waals surface area contributed by atoms with Crippen molar-refractivity contribution in [2.75, 3.05) is 26.3 Å². The van der Waals surface area contributed by atoms with Gasteiger partial charge in [0.1, 0.15) is 0 Å². The summed E-state index contributed by atoms with van der Waals surface area (Å²) in [5.41, 5.74) is 0. The van der Waals surface area contributed by atoms with Gasteiger partial charge in [0.15, 0.2) is 0 Å². The van der Waals surface area contributed by atoms with Gasteiger partial charge in [-0.1, -0.05) is 27.7 Å². The first kappa shape index (κ1) is 24.4. The van der Waals surface area contributed by atoms with Crippen LogP contribution in [0.15, 0.2) is 0 Å². The van der Waals surface area contributed by atoms with Gasteiger partial charge < -0.3 is 25.6 Å². The van der Waals surface area contributed by atoms with Gasteiger partial charge in [-0.15, -0.1) is 24.8 Å². The maximum Gasteiger partial charge on any atom is 0.0897 e. The third kappa shape index (κ3) is 18.4. The van der Waals surface area contributed by atoms with Gasteiger partial charge in [0.25, 0.3) is 0 Å². The van der Waals surface area contributed by atoms with Gasteiger partial charge >= 0.3 is 0 Å². The van der Waals surface area contributed by atoms with Gasteiger partial charge in [-0.25, -0.2) is 0 Å². The highest BCUT2D eigenvalue weighted by Crippen LogP contribution is 1.90. The molecule has 0 aliphatic carbocycles. The molecule has 2 unspecified atom stereocenters. The minimum Gasteiger partial charge on any atom is -0.389 e. The summed E-state index contributed by atoms with van der Waals surface area (Å²) in [5.74, 6) is 0. The summed E-state index contributed by atoms with van der Waals surface area (Å²) in [6, 6.07) is 0.705. The van der Waals surface area contributed by atoms with Crippen molar-refractivity contribution >= 4 is 24.8 Å². The molecule has 0 aromatic heterocycles. The van der Waals surface area contributed by atoms with E-state index in [4.69, 9.17) is 4.74 Å². The summed E-state index contributed by atoms with van der Waals surface area (Å²) in [4.78, 5) is 0. The first-order chi connectivity index (χ1) is 7.91. The van der Waals surface area contributed by atoms with Crippen molar-refractivity contribution in [3.8, 4) is 0 Å². The van der Waals surface area contributed by atoms with Crippen molar-refractivity contribution in [1.29, 1.82) is 0 Å². The van der Waals surface area contributed by atoms with E-state index >= 15 is 0 Å². The zero-order chi connectivity index (χ0) is 13.3. The molecule has 0 heterocycles. The quantitative estimate of drug-likeness (QED) is 0.473. The van der Waals surface area contributed by atoms with Crippen LogP contribution in [-0.2, 0) is 4.74 Å². The highest BCUT2D eigenvalue weighted by Gasteiger charge is 2.08. The van der Waals surface area contributed by atoms with E-state index in [1.54, 1.807) is 0 Å². The molecule has 0 bridgehead atoms. The average molecular weight is 321 g/mol. The van der Waals surface area contributed by atoms with Crippen molar-refractivity contribution in [3.63, 3.8) is 0 Å². The molecule has 0 rings (SSSR count). The van der Waals surface area contributed by atoms with E-state index in [1.165, 1.54) is 0 Å². The topological polar surface area (TPSA) is 73.8 Å². The monoisotopic (exact) mass is 320 g/mol. The molecule has 120 valence electrons. The molecule has 0 saturated heterocycles. The Morgan fingerprint density at radius 2 is 1.11 bits per heavy atom. The Labute approximate surface area is 129 Å². The summed E-state index contributed by atoms with van der Waals surface area (Å²) in [6.45, 7) is 9.61. The zero-order valence-corrected chi connectivity index (χ0v) is 13.9. The van der Waals surface area contributed by atoms with Crippen LogP contribution in [0.4, 0.5) is 0 Å². The van der Waals surface area contributed by atoms with Crippen LogP contribution in [0.2, 0.25) is 0 Å². The maximum absolute atomic E-state index is 9.54. The van der Waals surface area contributed by atoms with Gasteiger partial charge in [-0.05, 0) is 0 Å². The Bertz CT molecular complexity index is 168. The Balaban J connectivity index is -0.00000128. The molecular weight excluding hydrogens is 291 g/mol. The number of hydrogen-bond donors (Lipinski definition) is 4. The van der Waals surface area contributed by atoms with Crippen molar-refractivity contribution in [2.24, 2.45) is 0 Å². The lowest BCUT2D eigenvalue weighted by molar-refractivity contribution is -0.00718. The molecule has 0 aromatic carbocycles. The molecule has 4 N–H and O–H groups in total. The van der Waals surface area contributed by atoms with Crippen LogP contribution in [0.25, 0.3) is 0 Å². The third-order valence-corrected chi connectivity index (χ3v) is 2.14. The van der Waals surface area contributed by atoms with E-state index < -0.39 is 12.2 Å². The summed E-state index contributed by atoms with van der Waals surface area (Å²) in [5, 5.41) is 25.3. The minimum atomic E-state index is -0.525. The SMILES string of the molecule is CC(C)NCC(O)COCC(O)CNC(C)C.Cl.Cl. The smallest absolute Gasteiger partial charge is 0.0897 e. The molecule has 0 spiro atoms. The Morgan fingerprint density at radius 1 is 0.789 bits per heavy atom. The largest absolute Gasteiger partial charge is 0.389 e. The third-order valence-electron chi connectivity index (χ3n) is 2.14. The number of rotatable bonds is 10. The normalized spacial score (nSPS) is 13.9. The number of ether oxygens (including phenoxy) is 1. The van der Waals surface area contributed by atoms with E-state index in [1.807, 2.05) is 27.7 Å². The molecule has 0 aromatic rings. The Kier molecular flexibility index (Phi) is 19.0. The van der Waals surface area contributed by atoms with Crippen LogP contribution in [0.1, 0.15) is 27.7 Å². The highest BCUT2D eigenvalue weighted by atomic mass is 35.5. The van der Waals surface area contributed by atoms with E-state index in [2.05, 4.69) is 10.6 Å². The van der Waals surface area contributed by atoms with Gasteiger partial charge in [0.05, 0.1) is 25.4 Å². The molecule has 5 nitrogen and oxygen atoms in total. The van der Waals surface area contributed by atoms with Crippen LogP contribution in [-0.4, -0.2) is 60.8 Å². The van der Waals surface area contributed by atoms with Crippen LogP contribution in [0, 0.1) is 0 Å². The number of nitrogens with one attached hydrogen (secondary N) is 2. The van der Waals surface area contributed by atoms with Crippen molar-refractivity contribution in [1.82, 2.24) is 10.6 Å². The molecule has 7 heteroatoms. The van der Waals surface area contributed by atoms with Crippen molar-refractivity contribution < 1.29 is 14.9 Å². The van der Waals surface area contributed by atoms with E-state index in [9.17, 15) is 10.2 Å². The highest BCUT2D eigenvalue weighted by molar-refractivity contribution is 5.85. The van der Waals surface area contributed by atoms with Crippen LogP contribution in [0.3, 0.4) is 0 Å². The fourth-order valence-corrected chi connectivity index (χ4v) is 1.20. The fraction of sp³-hybridized carbons (Fsp3) is 1.00. The Hall–Kier alpha value is 0.380.